The van der Waals surface area contributed by atoms with Crippen molar-refractivity contribution in [3.63, 3.8) is 0 Å². The fraction of sp³-hybridized carbons (Fsp3) is 0.500. The van der Waals surface area contributed by atoms with Crippen LogP contribution in [-0.4, -0.2) is 31.4 Å². The van der Waals surface area contributed by atoms with Gasteiger partial charge in [0.1, 0.15) is 0 Å². The van der Waals surface area contributed by atoms with Crippen LogP contribution in [0.25, 0.3) is 0 Å². The summed E-state index contributed by atoms with van der Waals surface area (Å²) in [5, 5.41) is 0. The van der Waals surface area contributed by atoms with E-state index in [0.717, 1.165) is 12.0 Å². The molecule has 0 saturated carbocycles. The van der Waals surface area contributed by atoms with Crippen LogP contribution in [0.3, 0.4) is 0 Å². The van der Waals surface area contributed by atoms with Crippen LogP contribution in [0.5, 0.6) is 0 Å². The van der Waals surface area contributed by atoms with Gasteiger partial charge in [-0.05, 0) is 12.0 Å². The molecular formula is C12H18N2O2S. The number of hydrogen-bond donors (Lipinski definition) is 1. The van der Waals surface area contributed by atoms with E-state index in [1.165, 1.54) is 4.31 Å². The Bertz CT molecular complexity index is 478. The van der Waals surface area contributed by atoms with Gasteiger partial charge in [-0.3, -0.25) is 0 Å². The van der Waals surface area contributed by atoms with Crippen molar-refractivity contribution in [1.82, 2.24) is 4.31 Å². The molecule has 17 heavy (non-hydrogen) atoms. The van der Waals surface area contributed by atoms with E-state index in [-0.39, 0.29) is 11.3 Å². The zero-order valence-electron chi connectivity index (χ0n) is 9.96. The van der Waals surface area contributed by atoms with E-state index in [1.54, 1.807) is 0 Å². The van der Waals surface area contributed by atoms with Crippen LogP contribution in [0, 0.1) is 0 Å². The standard InChI is InChI=1S/C12H18N2O2S/c1-2-12(13)9-14(10-12)17(15,16)8-11-6-4-3-5-7-11/h3-7H,2,8-10,13H2,1H3. The molecule has 1 aliphatic rings. The Morgan fingerprint density at radius 2 is 1.88 bits per heavy atom. The Morgan fingerprint density at radius 1 is 1.29 bits per heavy atom. The fourth-order valence-corrected chi connectivity index (χ4v) is 3.66. The maximum Gasteiger partial charge on any atom is 0.218 e. The van der Waals surface area contributed by atoms with Crippen molar-refractivity contribution >= 4 is 10.0 Å². The van der Waals surface area contributed by atoms with E-state index in [1.807, 2.05) is 37.3 Å². The third-order valence-corrected chi connectivity index (χ3v) is 5.02. The number of sulfonamides is 1. The second-order valence-electron chi connectivity index (χ2n) is 4.73. The molecule has 1 aliphatic heterocycles. The summed E-state index contributed by atoms with van der Waals surface area (Å²) in [6, 6.07) is 9.22. The number of benzene rings is 1. The predicted molar refractivity (Wildman–Crippen MR) is 67.8 cm³/mol. The van der Waals surface area contributed by atoms with Crippen LogP contribution in [0.15, 0.2) is 30.3 Å². The maximum atomic E-state index is 12.1. The van der Waals surface area contributed by atoms with Crippen molar-refractivity contribution in [1.29, 1.82) is 0 Å². The lowest BCUT2D eigenvalue weighted by Gasteiger charge is -2.46. The molecule has 2 rings (SSSR count). The summed E-state index contributed by atoms with van der Waals surface area (Å²) < 4.78 is 25.6. The lowest BCUT2D eigenvalue weighted by atomic mass is 9.91. The first kappa shape index (κ1) is 12.5. The summed E-state index contributed by atoms with van der Waals surface area (Å²) in [5.41, 5.74) is 6.48. The molecule has 0 atom stereocenters. The second-order valence-corrected chi connectivity index (χ2v) is 6.69. The number of nitrogens with two attached hydrogens (primary N) is 1. The molecule has 1 saturated heterocycles. The minimum atomic E-state index is -3.20. The number of rotatable bonds is 4. The Hall–Kier alpha value is -0.910. The number of nitrogens with zero attached hydrogens (tertiary/aromatic N) is 1. The van der Waals surface area contributed by atoms with Crippen LogP contribution in [0.2, 0.25) is 0 Å². The van der Waals surface area contributed by atoms with Gasteiger partial charge in [-0.25, -0.2) is 8.42 Å². The van der Waals surface area contributed by atoms with Gasteiger partial charge < -0.3 is 5.73 Å². The maximum absolute atomic E-state index is 12.1. The molecule has 1 aromatic carbocycles. The molecule has 5 heteroatoms. The highest BCUT2D eigenvalue weighted by atomic mass is 32.2. The molecule has 0 unspecified atom stereocenters. The average molecular weight is 254 g/mol. The molecule has 1 aromatic rings. The van der Waals surface area contributed by atoms with E-state index >= 15 is 0 Å². The zero-order chi connectivity index (χ0) is 12.5. The van der Waals surface area contributed by atoms with E-state index in [4.69, 9.17) is 5.73 Å². The molecule has 0 spiro atoms. The summed E-state index contributed by atoms with van der Waals surface area (Å²) in [6.07, 6.45) is 0.810. The molecule has 2 N–H and O–H groups in total. The van der Waals surface area contributed by atoms with Gasteiger partial charge in [0.15, 0.2) is 0 Å². The molecular weight excluding hydrogens is 236 g/mol. The Morgan fingerprint density at radius 3 is 2.41 bits per heavy atom. The van der Waals surface area contributed by atoms with Crippen molar-refractivity contribution in [2.75, 3.05) is 13.1 Å². The zero-order valence-corrected chi connectivity index (χ0v) is 10.8. The first-order valence-electron chi connectivity index (χ1n) is 5.76. The highest BCUT2D eigenvalue weighted by Crippen LogP contribution is 2.26. The lowest BCUT2D eigenvalue weighted by Crippen LogP contribution is -2.68. The van der Waals surface area contributed by atoms with E-state index in [9.17, 15) is 8.42 Å². The van der Waals surface area contributed by atoms with Gasteiger partial charge >= 0.3 is 0 Å². The van der Waals surface area contributed by atoms with Crippen LogP contribution in [0.1, 0.15) is 18.9 Å². The highest BCUT2D eigenvalue weighted by Gasteiger charge is 2.43. The quantitative estimate of drug-likeness (QED) is 0.869. The minimum absolute atomic E-state index is 0.0631. The summed E-state index contributed by atoms with van der Waals surface area (Å²) >= 11 is 0. The van der Waals surface area contributed by atoms with Crippen LogP contribution in [-0.2, 0) is 15.8 Å². The molecule has 0 bridgehead atoms. The smallest absolute Gasteiger partial charge is 0.218 e. The molecule has 0 aliphatic carbocycles. The predicted octanol–water partition coefficient (Wildman–Crippen LogP) is 0.939. The van der Waals surface area contributed by atoms with Crippen LogP contribution in [0.4, 0.5) is 0 Å². The summed E-state index contributed by atoms with van der Waals surface area (Å²) in [6.45, 7) is 2.87. The Kier molecular flexibility index (Phi) is 3.25. The highest BCUT2D eigenvalue weighted by molar-refractivity contribution is 7.88. The molecule has 4 nitrogen and oxygen atoms in total. The van der Waals surface area contributed by atoms with Crippen LogP contribution >= 0.6 is 0 Å². The summed E-state index contributed by atoms with van der Waals surface area (Å²) in [4.78, 5) is 0. The first-order chi connectivity index (χ1) is 7.95. The summed E-state index contributed by atoms with van der Waals surface area (Å²) in [5.74, 6) is 0.0631. The van der Waals surface area contributed by atoms with Crippen molar-refractivity contribution in [3.05, 3.63) is 35.9 Å². The van der Waals surface area contributed by atoms with Crippen molar-refractivity contribution in [2.24, 2.45) is 5.73 Å². The molecule has 1 fully saturated rings. The minimum Gasteiger partial charge on any atom is -0.323 e. The average Bonchev–Trinajstić information content (AvgIpc) is 2.25. The van der Waals surface area contributed by atoms with E-state index in [0.29, 0.717) is 13.1 Å². The Labute approximate surface area is 102 Å². The Balaban J connectivity index is 2.02. The van der Waals surface area contributed by atoms with Gasteiger partial charge in [-0.1, -0.05) is 37.3 Å². The number of hydrogen-bond acceptors (Lipinski definition) is 3. The van der Waals surface area contributed by atoms with E-state index < -0.39 is 10.0 Å². The molecule has 0 radical (unpaired) electrons. The van der Waals surface area contributed by atoms with Gasteiger partial charge in [0.25, 0.3) is 0 Å². The largest absolute Gasteiger partial charge is 0.323 e. The molecule has 0 amide bonds. The van der Waals surface area contributed by atoms with Crippen molar-refractivity contribution in [2.45, 2.75) is 24.6 Å². The van der Waals surface area contributed by atoms with Crippen LogP contribution < -0.4 is 5.73 Å². The van der Waals surface area contributed by atoms with E-state index in [2.05, 4.69) is 0 Å². The summed E-state index contributed by atoms with van der Waals surface area (Å²) in [7, 11) is -3.20. The molecule has 0 aromatic heterocycles. The van der Waals surface area contributed by atoms with Gasteiger partial charge in [-0.15, -0.1) is 0 Å². The normalized spacial score (nSPS) is 19.9. The van der Waals surface area contributed by atoms with Crippen molar-refractivity contribution in [3.8, 4) is 0 Å². The third-order valence-electron chi connectivity index (χ3n) is 3.27. The van der Waals surface area contributed by atoms with Gasteiger partial charge in [0.05, 0.1) is 5.75 Å². The van der Waals surface area contributed by atoms with Gasteiger partial charge in [0, 0.05) is 18.6 Å². The topological polar surface area (TPSA) is 63.4 Å². The van der Waals surface area contributed by atoms with Crippen molar-refractivity contribution < 1.29 is 8.42 Å². The third kappa shape index (κ3) is 2.68. The molecule has 1 heterocycles. The molecule has 94 valence electrons. The first-order valence-corrected chi connectivity index (χ1v) is 7.37. The SMILES string of the molecule is CCC1(N)CN(S(=O)(=O)Cc2ccccc2)C1. The fourth-order valence-electron chi connectivity index (χ4n) is 1.95. The lowest BCUT2D eigenvalue weighted by molar-refractivity contribution is 0.153. The monoisotopic (exact) mass is 254 g/mol. The van der Waals surface area contributed by atoms with Gasteiger partial charge in [0.2, 0.25) is 10.0 Å². The second kappa shape index (κ2) is 4.40. The van der Waals surface area contributed by atoms with Gasteiger partial charge in [-0.2, -0.15) is 4.31 Å².